The third-order valence-corrected chi connectivity index (χ3v) is 5.08. The van der Waals surface area contributed by atoms with Crippen molar-refractivity contribution in [1.82, 2.24) is 4.90 Å². The van der Waals surface area contributed by atoms with Gasteiger partial charge in [0, 0.05) is 13.1 Å². The molecule has 0 aliphatic heterocycles. The second-order valence-corrected chi connectivity index (χ2v) is 7.40. The summed E-state index contributed by atoms with van der Waals surface area (Å²) >= 11 is 0. The summed E-state index contributed by atoms with van der Waals surface area (Å²) < 4.78 is 38.6. The number of carbonyl (C=O) groups excluding carboxylic acids is 1. The molecule has 0 fully saturated rings. The zero-order chi connectivity index (χ0) is 21.6. The van der Waals surface area contributed by atoms with Gasteiger partial charge in [0.05, 0.1) is 11.6 Å². The average Bonchev–Trinajstić information content (AvgIpc) is 2.72. The Kier molecular flexibility index (Phi) is 7.06. The molecule has 156 valence electrons. The largest absolute Gasteiger partial charge is 0.416 e. The minimum absolute atomic E-state index is 0.0123. The van der Waals surface area contributed by atoms with Crippen LogP contribution >= 0.6 is 0 Å². The van der Waals surface area contributed by atoms with Gasteiger partial charge < -0.3 is 0 Å². The minimum Gasteiger partial charge on any atom is -0.298 e. The maximum atomic E-state index is 12.9. The number of hydrogen-bond donors (Lipinski definition) is 0. The van der Waals surface area contributed by atoms with Crippen LogP contribution in [0.3, 0.4) is 0 Å². The Bertz CT molecular complexity index is 896. The van der Waals surface area contributed by atoms with E-state index in [9.17, 15) is 18.0 Å². The molecule has 0 bridgehead atoms. The zero-order valence-corrected chi connectivity index (χ0v) is 16.8. The standard InChI is InChI=1S/C25H24F3NO/c1-19(30)24(16-20-12-14-23(15-13-20)25(26,27)28)29(17-21-8-4-2-5-9-21)18-22-10-6-3-7-11-22/h2-15,24H,16-18H2,1H3/t24-/m0/s1. The fraction of sp³-hybridized carbons (Fsp3) is 0.240. The Labute approximate surface area is 175 Å². The fourth-order valence-electron chi connectivity index (χ4n) is 3.50. The van der Waals surface area contributed by atoms with Crippen molar-refractivity contribution in [3.63, 3.8) is 0 Å². The highest BCUT2D eigenvalue weighted by atomic mass is 19.4. The maximum absolute atomic E-state index is 12.9. The summed E-state index contributed by atoms with van der Waals surface area (Å²) in [4.78, 5) is 14.7. The van der Waals surface area contributed by atoms with Crippen LogP contribution in [0.4, 0.5) is 13.2 Å². The van der Waals surface area contributed by atoms with Crippen molar-refractivity contribution in [3.8, 4) is 0 Å². The van der Waals surface area contributed by atoms with E-state index >= 15 is 0 Å². The van der Waals surface area contributed by atoms with Crippen LogP contribution in [-0.2, 0) is 30.5 Å². The van der Waals surface area contributed by atoms with Crippen LogP contribution in [0.25, 0.3) is 0 Å². The first-order valence-electron chi connectivity index (χ1n) is 9.81. The van der Waals surface area contributed by atoms with E-state index < -0.39 is 17.8 Å². The van der Waals surface area contributed by atoms with Crippen LogP contribution in [0.5, 0.6) is 0 Å². The molecule has 0 saturated heterocycles. The van der Waals surface area contributed by atoms with E-state index in [1.165, 1.54) is 19.1 Å². The molecule has 3 aromatic carbocycles. The molecule has 0 aliphatic carbocycles. The Hall–Kier alpha value is -2.92. The quantitative estimate of drug-likeness (QED) is 0.459. The van der Waals surface area contributed by atoms with Crippen molar-refractivity contribution in [2.24, 2.45) is 0 Å². The molecule has 0 saturated carbocycles. The number of ketones is 1. The van der Waals surface area contributed by atoms with Gasteiger partial charge in [0.25, 0.3) is 0 Å². The van der Waals surface area contributed by atoms with Crippen LogP contribution < -0.4 is 0 Å². The topological polar surface area (TPSA) is 20.3 Å². The van der Waals surface area contributed by atoms with Gasteiger partial charge in [-0.15, -0.1) is 0 Å². The molecule has 0 amide bonds. The molecule has 30 heavy (non-hydrogen) atoms. The third kappa shape index (κ3) is 6.04. The van der Waals surface area contributed by atoms with E-state index in [2.05, 4.69) is 4.90 Å². The van der Waals surface area contributed by atoms with Gasteiger partial charge in [0.1, 0.15) is 5.78 Å². The van der Waals surface area contributed by atoms with Gasteiger partial charge in [-0.1, -0.05) is 72.8 Å². The molecule has 0 heterocycles. The number of rotatable bonds is 8. The number of nitrogens with zero attached hydrogens (tertiary/aromatic N) is 1. The van der Waals surface area contributed by atoms with Crippen LogP contribution in [0.2, 0.25) is 0 Å². The van der Waals surface area contributed by atoms with E-state index in [4.69, 9.17) is 0 Å². The lowest BCUT2D eigenvalue weighted by Gasteiger charge is -2.30. The van der Waals surface area contributed by atoms with Gasteiger partial charge >= 0.3 is 6.18 Å². The molecule has 3 rings (SSSR count). The fourth-order valence-corrected chi connectivity index (χ4v) is 3.50. The number of Topliss-reactive ketones (excluding diaryl/α,β-unsaturated/α-hetero) is 1. The number of benzene rings is 3. The highest BCUT2D eigenvalue weighted by Gasteiger charge is 2.30. The Morgan fingerprint density at radius 2 is 1.23 bits per heavy atom. The van der Waals surface area contributed by atoms with Gasteiger partial charge in [-0.25, -0.2) is 0 Å². The number of alkyl halides is 3. The van der Waals surface area contributed by atoms with Crippen LogP contribution in [0.15, 0.2) is 84.9 Å². The predicted molar refractivity (Wildman–Crippen MR) is 112 cm³/mol. The van der Waals surface area contributed by atoms with Crippen LogP contribution in [0, 0.1) is 0 Å². The molecule has 5 heteroatoms. The SMILES string of the molecule is CC(=O)[C@H](Cc1ccc(C(F)(F)F)cc1)N(Cc1ccccc1)Cc1ccccc1. The highest BCUT2D eigenvalue weighted by Crippen LogP contribution is 2.29. The Morgan fingerprint density at radius 1 is 0.767 bits per heavy atom. The van der Waals surface area contributed by atoms with E-state index in [0.717, 1.165) is 23.3 Å². The first-order chi connectivity index (χ1) is 14.3. The number of halogens is 3. The summed E-state index contributed by atoms with van der Waals surface area (Å²) in [5, 5.41) is 0. The molecule has 0 N–H and O–H groups in total. The molecular weight excluding hydrogens is 387 g/mol. The summed E-state index contributed by atoms with van der Waals surface area (Å²) in [6.07, 6.45) is -4.02. The first kappa shape index (κ1) is 21.8. The summed E-state index contributed by atoms with van der Waals surface area (Å²) in [5.41, 5.74) is 2.17. The van der Waals surface area contributed by atoms with Gasteiger partial charge in [-0.3, -0.25) is 9.69 Å². The molecular formula is C25H24F3NO. The minimum atomic E-state index is -4.37. The van der Waals surface area contributed by atoms with E-state index in [-0.39, 0.29) is 5.78 Å². The summed E-state index contributed by atoms with van der Waals surface area (Å²) in [6, 6.07) is 24.3. The van der Waals surface area contributed by atoms with Crippen molar-refractivity contribution in [3.05, 3.63) is 107 Å². The molecule has 0 unspecified atom stereocenters. The van der Waals surface area contributed by atoms with Gasteiger partial charge in [-0.05, 0) is 42.2 Å². The van der Waals surface area contributed by atoms with Crippen molar-refractivity contribution < 1.29 is 18.0 Å². The van der Waals surface area contributed by atoms with E-state index in [1.807, 2.05) is 60.7 Å². The molecule has 1 atom stereocenters. The smallest absolute Gasteiger partial charge is 0.298 e. The highest BCUT2D eigenvalue weighted by molar-refractivity contribution is 5.81. The second kappa shape index (κ2) is 9.72. The van der Waals surface area contributed by atoms with Crippen LogP contribution in [0.1, 0.15) is 29.2 Å². The molecule has 0 spiro atoms. The van der Waals surface area contributed by atoms with Gasteiger partial charge in [-0.2, -0.15) is 13.2 Å². The van der Waals surface area contributed by atoms with E-state index in [1.54, 1.807) is 0 Å². The summed E-state index contributed by atoms with van der Waals surface area (Å²) in [5.74, 6) is -0.0123. The number of hydrogen-bond acceptors (Lipinski definition) is 2. The maximum Gasteiger partial charge on any atom is 0.416 e. The normalized spacial score (nSPS) is 12.7. The molecule has 0 radical (unpaired) electrons. The molecule has 0 aromatic heterocycles. The Morgan fingerprint density at radius 3 is 1.63 bits per heavy atom. The Balaban J connectivity index is 1.85. The molecule has 3 aromatic rings. The predicted octanol–water partition coefficient (Wildman–Crippen LogP) is 5.91. The zero-order valence-electron chi connectivity index (χ0n) is 16.8. The van der Waals surface area contributed by atoms with Gasteiger partial charge in [0.2, 0.25) is 0 Å². The first-order valence-corrected chi connectivity index (χ1v) is 9.81. The van der Waals surface area contributed by atoms with Crippen molar-refractivity contribution in [1.29, 1.82) is 0 Å². The lowest BCUT2D eigenvalue weighted by atomic mass is 9.99. The average molecular weight is 411 g/mol. The van der Waals surface area contributed by atoms with Crippen molar-refractivity contribution in [2.75, 3.05) is 0 Å². The van der Waals surface area contributed by atoms with Crippen molar-refractivity contribution >= 4 is 5.78 Å². The number of carbonyl (C=O) groups is 1. The third-order valence-electron chi connectivity index (χ3n) is 5.08. The van der Waals surface area contributed by atoms with Gasteiger partial charge in [0.15, 0.2) is 0 Å². The summed E-state index contributed by atoms with van der Waals surface area (Å²) in [7, 11) is 0. The monoisotopic (exact) mass is 411 g/mol. The molecule has 0 aliphatic rings. The molecule has 2 nitrogen and oxygen atoms in total. The summed E-state index contributed by atoms with van der Waals surface area (Å²) in [6.45, 7) is 2.68. The van der Waals surface area contributed by atoms with Crippen molar-refractivity contribution in [2.45, 2.75) is 38.7 Å². The second-order valence-electron chi connectivity index (χ2n) is 7.40. The lowest BCUT2D eigenvalue weighted by molar-refractivity contribution is -0.137. The lowest BCUT2D eigenvalue weighted by Crippen LogP contribution is -2.41. The van der Waals surface area contributed by atoms with E-state index in [0.29, 0.717) is 25.1 Å². The van der Waals surface area contributed by atoms with Crippen LogP contribution in [-0.4, -0.2) is 16.7 Å².